The van der Waals surface area contributed by atoms with Gasteiger partial charge in [-0.05, 0) is 39.9 Å². The summed E-state index contributed by atoms with van der Waals surface area (Å²) < 4.78 is 0. The average Bonchev–Trinajstić information content (AvgIpc) is 2.76. The minimum absolute atomic E-state index is 0.0432. The molecule has 0 aromatic rings. The molecule has 0 aliphatic heterocycles. The zero-order chi connectivity index (χ0) is 13.4. The molecule has 1 aliphatic carbocycles. The van der Waals surface area contributed by atoms with Crippen LogP contribution in [0.4, 0.5) is 0 Å². The lowest BCUT2D eigenvalue weighted by Crippen LogP contribution is -2.37. The molecule has 104 valence electrons. The Hall–Kier alpha value is -1.10. The van der Waals surface area contributed by atoms with Crippen LogP contribution in [0.5, 0.6) is 0 Å². The highest BCUT2D eigenvalue weighted by Crippen LogP contribution is 2.17. The van der Waals surface area contributed by atoms with Crippen molar-refractivity contribution in [3.8, 4) is 0 Å². The molecule has 0 spiro atoms. The molecule has 0 atom stereocenters. The quantitative estimate of drug-likeness (QED) is 0.514. The minimum Gasteiger partial charge on any atom is -0.356 e. The summed E-state index contributed by atoms with van der Waals surface area (Å²) in [6, 6.07) is 0.291. The third-order valence-corrected chi connectivity index (χ3v) is 3.15. The van der Waals surface area contributed by atoms with E-state index in [2.05, 4.69) is 15.5 Å². The molecular formula is C13H25N3O2. The van der Waals surface area contributed by atoms with E-state index in [0.717, 1.165) is 25.8 Å². The van der Waals surface area contributed by atoms with Crippen LogP contribution in [0, 0.1) is 0 Å². The lowest BCUT2D eigenvalue weighted by Gasteiger charge is -2.12. The fraction of sp³-hybridized carbons (Fsp3) is 0.846. The van der Waals surface area contributed by atoms with E-state index < -0.39 is 0 Å². The Morgan fingerprint density at radius 3 is 2.44 bits per heavy atom. The van der Waals surface area contributed by atoms with Crippen molar-refractivity contribution in [2.45, 2.75) is 44.6 Å². The molecule has 0 aromatic heterocycles. The van der Waals surface area contributed by atoms with Gasteiger partial charge >= 0.3 is 0 Å². The van der Waals surface area contributed by atoms with Crippen molar-refractivity contribution in [2.75, 3.05) is 27.2 Å². The fourth-order valence-corrected chi connectivity index (χ4v) is 2.18. The highest BCUT2D eigenvalue weighted by molar-refractivity contribution is 5.96. The Morgan fingerprint density at radius 2 is 1.83 bits per heavy atom. The van der Waals surface area contributed by atoms with Gasteiger partial charge in [-0.2, -0.15) is 0 Å². The second-order valence-electron chi connectivity index (χ2n) is 5.23. The molecule has 5 nitrogen and oxygen atoms in total. The van der Waals surface area contributed by atoms with Gasteiger partial charge in [0.05, 0.1) is 0 Å². The van der Waals surface area contributed by atoms with Gasteiger partial charge in [-0.15, -0.1) is 0 Å². The summed E-state index contributed by atoms with van der Waals surface area (Å²) in [5.74, 6) is -0.323. The Bertz CT molecular complexity index is 273. The summed E-state index contributed by atoms with van der Waals surface area (Å²) in [5.41, 5.74) is 0. The summed E-state index contributed by atoms with van der Waals surface area (Å²) in [7, 11) is 3.99. The lowest BCUT2D eigenvalue weighted by atomic mass is 10.2. The highest BCUT2D eigenvalue weighted by atomic mass is 16.2. The molecule has 0 radical (unpaired) electrons. The van der Waals surface area contributed by atoms with Crippen LogP contribution in [-0.2, 0) is 9.59 Å². The molecule has 18 heavy (non-hydrogen) atoms. The molecule has 2 N–H and O–H groups in total. The van der Waals surface area contributed by atoms with Gasteiger partial charge in [0.2, 0.25) is 11.8 Å². The zero-order valence-corrected chi connectivity index (χ0v) is 11.5. The van der Waals surface area contributed by atoms with Crippen molar-refractivity contribution < 1.29 is 9.59 Å². The molecule has 2 amide bonds. The number of rotatable bonds is 7. The molecule has 1 rings (SSSR count). The van der Waals surface area contributed by atoms with E-state index >= 15 is 0 Å². The number of hydrogen-bond donors (Lipinski definition) is 2. The van der Waals surface area contributed by atoms with E-state index in [0.29, 0.717) is 12.6 Å². The van der Waals surface area contributed by atoms with Crippen LogP contribution < -0.4 is 10.6 Å². The molecular weight excluding hydrogens is 230 g/mol. The van der Waals surface area contributed by atoms with Crippen molar-refractivity contribution in [1.29, 1.82) is 0 Å². The van der Waals surface area contributed by atoms with Gasteiger partial charge in [-0.3, -0.25) is 9.59 Å². The van der Waals surface area contributed by atoms with Crippen molar-refractivity contribution in [3.05, 3.63) is 0 Å². The van der Waals surface area contributed by atoms with Crippen LogP contribution in [-0.4, -0.2) is 49.9 Å². The van der Waals surface area contributed by atoms with Gasteiger partial charge in [0.1, 0.15) is 6.42 Å². The number of carbonyl (C=O) groups is 2. The standard InChI is InChI=1S/C13H25N3O2/c1-16(2)9-5-8-14-12(17)10-13(18)15-11-6-3-4-7-11/h11H,3-10H2,1-2H3,(H,14,17)(H,15,18). The van der Waals surface area contributed by atoms with E-state index in [1.165, 1.54) is 12.8 Å². The Balaban J connectivity index is 2.05. The van der Waals surface area contributed by atoms with Gasteiger partial charge in [0, 0.05) is 12.6 Å². The van der Waals surface area contributed by atoms with E-state index in [1.807, 2.05) is 14.1 Å². The summed E-state index contributed by atoms with van der Waals surface area (Å²) >= 11 is 0. The largest absolute Gasteiger partial charge is 0.356 e. The second-order valence-corrected chi connectivity index (χ2v) is 5.23. The monoisotopic (exact) mass is 255 g/mol. The van der Waals surface area contributed by atoms with Crippen LogP contribution in [0.3, 0.4) is 0 Å². The zero-order valence-electron chi connectivity index (χ0n) is 11.5. The van der Waals surface area contributed by atoms with Gasteiger partial charge in [0.15, 0.2) is 0 Å². The lowest BCUT2D eigenvalue weighted by molar-refractivity contribution is -0.129. The third kappa shape index (κ3) is 6.59. The number of carbonyl (C=O) groups excluding carboxylic acids is 2. The van der Waals surface area contributed by atoms with E-state index in [-0.39, 0.29) is 18.2 Å². The van der Waals surface area contributed by atoms with Crippen molar-refractivity contribution in [2.24, 2.45) is 0 Å². The van der Waals surface area contributed by atoms with Crippen LogP contribution in [0.1, 0.15) is 38.5 Å². The van der Waals surface area contributed by atoms with Gasteiger partial charge in [-0.25, -0.2) is 0 Å². The maximum absolute atomic E-state index is 11.6. The minimum atomic E-state index is -0.177. The summed E-state index contributed by atoms with van der Waals surface area (Å²) in [5, 5.41) is 5.68. The first-order valence-electron chi connectivity index (χ1n) is 6.78. The first kappa shape index (κ1) is 15.0. The maximum Gasteiger partial charge on any atom is 0.229 e. The van der Waals surface area contributed by atoms with Gasteiger partial charge < -0.3 is 15.5 Å². The fourth-order valence-electron chi connectivity index (χ4n) is 2.18. The van der Waals surface area contributed by atoms with Gasteiger partial charge in [0.25, 0.3) is 0 Å². The van der Waals surface area contributed by atoms with Crippen LogP contribution in [0.15, 0.2) is 0 Å². The topological polar surface area (TPSA) is 61.4 Å². The van der Waals surface area contributed by atoms with E-state index in [4.69, 9.17) is 0 Å². The summed E-state index contributed by atoms with van der Waals surface area (Å²) in [6.45, 7) is 1.57. The summed E-state index contributed by atoms with van der Waals surface area (Å²) in [6.07, 6.45) is 5.33. The molecule has 0 bridgehead atoms. The van der Waals surface area contributed by atoms with Gasteiger partial charge in [-0.1, -0.05) is 12.8 Å². The molecule has 1 fully saturated rings. The average molecular weight is 255 g/mol. The Morgan fingerprint density at radius 1 is 1.17 bits per heavy atom. The van der Waals surface area contributed by atoms with Crippen molar-refractivity contribution in [3.63, 3.8) is 0 Å². The van der Waals surface area contributed by atoms with Crippen LogP contribution in [0.2, 0.25) is 0 Å². The normalized spacial score (nSPS) is 15.9. The number of nitrogens with one attached hydrogen (secondary N) is 2. The smallest absolute Gasteiger partial charge is 0.229 e. The van der Waals surface area contributed by atoms with E-state index in [9.17, 15) is 9.59 Å². The van der Waals surface area contributed by atoms with Crippen LogP contribution in [0.25, 0.3) is 0 Å². The first-order chi connectivity index (χ1) is 8.58. The Labute approximate surface area is 109 Å². The van der Waals surface area contributed by atoms with E-state index in [1.54, 1.807) is 0 Å². The molecule has 0 unspecified atom stereocenters. The molecule has 5 heteroatoms. The van der Waals surface area contributed by atoms with Crippen molar-refractivity contribution >= 4 is 11.8 Å². The maximum atomic E-state index is 11.6. The Kier molecular flexibility index (Phi) is 6.72. The molecule has 0 aromatic carbocycles. The predicted molar refractivity (Wildman–Crippen MR) is 71.2 cm³/mol. The second kappa shape index (κ2) is 8.08. The first-order valence-corrected chi connectivity index (χ1v) is 6.78. The number of amides is 2. The molecule has 0 saturated heterocycles. The van der Waals surface area contributed by atoms with Crippen LogP contribution >= 0.6 is 0 Å². The number of hydrogen-bond acceptors (Lipinski definition) is 3. The number of nitrogens with zero attached hydrogens (tertiary/aromatic N) is 1. The SMILES string of the molecule is CN(C)CCCNC(=O)CC(=O)NC1CCCC1. The highest BCUT2D eigenvalue weighted by Gasteiger charge is 2.18. The van der Waals surface area contributed by atoms with Crippen molar-refractivity contribution in [1.82, 2.24) is 15.5 Å². The molecule has 1 aliphatic rings. The molecule has 1 saturated carbocycles. The third-order valence-electron chi connectivity index (χ3n) is 3.15. The predicted octanol–water partition coefficient (Wildman–Crippen LogP) is 0.503. The molecule has 0 heterocycles. The summed E-state index contributed by atoms with van der Waals surface area (Å²) in [4.78, 5) is 25.1.